The Hall–Kier alpha value is -2.17. The van der Waals surface area contributed by atoms with Crippen molar-refractivity contribution >= 4 is 37.5 Å². The fourth-order valence-corrected chi connectivity index (χ4v) is 8.40. The molecule has 0 aromatic heterocycles. The van der Waals surface area contributed by atoms with Crippen LogP contribution in [0.15, 0.2) is 29.4 Å². The SMILES string of the molecule is [N-]=[N+]=N[C@@H](c1ccc([N+](=O)[O-])cc1)[C@H](Br)C(=O)N1C2CC3CCC2(C3)CS1(=O)=O. The lowest BCUT2D eigenvalue weighted by atomic mass is 9.81. The highest BCUT2D eigenvalue weighted by atomic mass is 79.9. The average molecular weight is 484 g/mol. The Morgan fingerprint density at radius 2 is 2.10 bits per heavy atom. The van der Waals surface area contributed by atoms with Crippen molar-refractivity contribution in [2.24, 2.45) is 16.4 Å². The first-order valence-corrected chi connectivity index (χ1v) is 11.7. The molecular formula is C17H18BrN5O5S. The van der Waals surface area contributed by atoms with Crippen molar-refractivity contribution < 1.29 is 18.1 Å². The van der Waals surface area contributed by atoms with Crippen LogP contribution in [0.3, 0.4) is 0 Å². The maximum atomic E-state index is 13.2. The molecule has 3 aliphatic rings. The van der Waals surface area contributed by atoms with Gasteiger partial charge in [-0.05, 0) is 42.7 Å². The number of carbonyl (C=O) groups is 1. The lowest BCUT2D eigenvalue weighted by Crippen LogP contribution is -2.46. The first kappa shape index (κ1) is 20.1. The highest BCUT2D eigenvalue weighted by Crippen LogP contribution is 2.60. The fraction of sp³-hybridized carbons (Fsp3) is 0.588. The number of nitro benzene ring substituents is 1. The Morgan fingerprint density at radius 3 is 2.69 bits per heavy atom. The molecular weight excluding hydrogens is 466 g/mol. The predicted molar refractivity (Wildman–Crippen MR) is 107 cm³/mol. The molecule has 154 valence electrons. The minimum Gasteiger partial charge on any atom is -0.272 e. The molecule has 3 unspecified atom stereocenters. The summed E-state index contributed by atoms with van der Waals surface area (Å²) < 4.78 is 26.7. The molecule has 3 fully saturated rings. The number of halogens is 1. The molecule has 2 bridgehead atoms. The molecule has 29 heavy (non-hydrogen) atoms. The number of fused-ring (bicyclic) bond motifs is 1. The number of nitrogens with zero attached hydrogens (tertiary/aromatic N) is 5. The lowest BCUT2D eigenvalue weighted by molar-refractivity contribution is -0.384. The van der Waals surface area contributed by atoms with E-state index in [1.807, 2.05) is 0 Å². The zero-order chi connectivity index (χ0) is 21.0. The van der Waals surface area contributed by atoms with E-state index in [2.05, 4.69) is 26.0 Å². The van der Waals surface area contributed by atoms with Gasteiger partial charge in [0.1, 0.15) is 4.83 Å². The van der Waals surface area contributed by atoms with Gasteiger partial charge in [0.25, 0.3) is 11.6 Å². The average Bonchev–Trinajstić information content (AvgIpc) is 3.28. The molecule has 1 aliphatic heterocycles. The van der Waals surface area contributed by atoms with Crippen molar-refractivity contribution in [1.29, 1.82) is 0 Å². The van der Waals surface area contributed by atoms with Gasteiger partial charge < -0.3 is 0 Å². The Morgan fingerprint density at radius 1 is 1.41 bits per heavy atom. The van der Waals surface area contributed by atoms with Gasteiger partial charge in [0.15, 0.2) is 0 Å². The number of hydrogen-bond donors (Lipinski definition) is 0. The van der Waals surface area contributed by atoms with Crippen LogP contribution in [0.2, 0.25) is 0 Å². The smallest absolute Gasteiger partial charge is 0.269 e. The Bertz CT molecular complexity index is 1030. The van der Waals surface area contributed by atoms with Crippen LogP contribution in [0.1, 0.15) is 37.3 Å². The van der Waals surface area contributed by atoms with Gasteiger partial charge in [0.05, 0.1) is 22.8 Å². The molecule has 1 amide bonds. The van der Waals surface area contributed by atoms with E-state index in [0.29, 0.717) is 17.9 Å². The van der Waals surface area contributed by atoms with Gasteiger partial charge in [-0.3, -0.25) is 14.9 Å². The number of benzene rings is 1. The number of alkyl halides is 1. The second kappa shape index (κ2) is 6.96. The van der Waals surface area contributed by atoms with Gasteiger partial charge in [0.2, 0.25) is 10.0 Å². The number of hydrogen-bond acceptors (Lipinski definition) is 6. The van der Waals surface area contributed by atoms with Crippen molar-refractivity contribution in [3.05, 3.63) is 50.4 Å². The van der Waals surface area contributed by atoms with Crippen molar-refractivity contribution in [2.75, 3.05) is 5.75 Å². The molecule has 1 spiro atoms. The third-order valence-electron chi connectivity index (χ3n) is 6.41. The summed E-state index contributed by atoms with van der Waals surface area (Å²) in [4.78, 5) is 25.2. The molecule has 12 heteroatoms. The number of nitro groups is 1. The Labute approximate surface area is 175 Å². The monoisotopic (exact) mass is 483 g/mol. The fourth-order valence-electron chi connectivity index (χ4n) is 5.23. The van der Waals surface area contributed by atoms with Gasteiger partial charge in [0, 0.05) is 22.5 Å². The van der Waals surface area contributed by atoms with Gasteiger partial charge in [-0.15, -0.1) is 0 Å². The molecule has 4 rings (SSSR count). The zero-order valence-electron chi connectivity index (χ0n) is 15.2. The highest BCUT2D eigenvalue weighted by molar-refractivity contribution is 9.10. The standard InChI is InChI=1S/C17H18BrN5O5S/c18-14(15(20-21-19)11-1-3-12(4-2-11)23(25)26)16(24)22-13-7-10-5-6-17(13,8-10)9-29(22,27)28/h1-4,10,13-15H,5-9H2/t10?,13?,14-,15-,17?/m0/s1. The molecule has 1 aromatic rings. The highest BCUT2D eigenvalue weighted by Gasteiger charge is 2.64. The van der Waals surface area contributed by atoms with E-state index < -0.39 is 31.7 Å². The summed E-state index contributed by atoms with van der Waals surface area (Å²) in [6, 6.07) is 3.90. The van der Waals surface area contributed by atoms with E-state index in [4.69, 9.17) is 5.53 Å². The van der Waals surface area contributed by atoms with E-state index in [9.17, 15) is 23.3 Å². The van der Waals surface area contributed by atoms with Crippen LogP contribution in [-0.4, -0.2) is 40.2 Å². The van der Waals surface area contributed by atoms with E-state index in [1.54, 1.807) is 0 Å². The Kier molecular flexibility index (Phi) is 4.83. The minimum atomic E-state index is -3.75. The maximum Gasteiger partial charge on any atom is 0.269 e. The van der Waals surface area contributed by atoms with E-state index in [0.717, 1.165) is 23.6 Å². The number of carbonyl (C=O) groups excluding carboxylic acids is 1. The molecule has 0 N–H and O–H groups in total. The third kappa shape index (κ3) is 3.19. The summed E-state index contributed by atoms with van der Waals surface area (Å²) in [5, 5.41) is 14.5. The Balaban J connectivity index is 1.64. The van der Waals surface area contributed by atoms with Gasteiger partial charge in [-0.1, -0.05) is 33.2 Å². The van der Waals surface area contributed by atoms with Crippen LogP contribution in [0.5, 0.6) is 0 Å². The van der Waals surface area contributed by atoms with E-state index in [-0.39, 0.29) is 22.9 Å². The first-order valence-electron chi connectivity index (χ1n) is 9.17. The molecule has 1 saturated heterocycles. The minimum absolute atomic E-state index is 0.0175. The van der Waals surface area contributed by atoms with Gasteiger partial charge in [-0.2, -0.15) is 0 Å². The summed E-state index contributed by atoms with van der Waals surface area (Å²) in [5.74, 6) is -0.228. The van der Waals surface area contributed by atoms with Crippen LogP contribution in [0.4, 0.5) is 5.69 Å². The summed E-state index contributed by atoms with van der Waals surface area (Å²) in [7, 11) is -3.75. The van der Waals surface area contributed by atoms with Gasteiger partial charge >= 0.3 is 0 Å². The molecule has 1 heterocycles. The van der Waals surface area contributed by atoms with Crippen molar-refractivity contribution in [3.63, 3.8) is 0 Å². The molecule has 2 saturated carbocycles. The predicted octanol–water partition coefficient (Wildman–Crippen LogP) is 3.44. The van der Waals surface area contributed by atoms with Crippen LogP contribution in [0, 0.1) is 21.4 Å². The first-order chi connectivity index (χ1) is 13.7. The zero-order valence-corrected chi connectivity index (χ0v) is 17.6. The molecule has 10 nitrogen and oxygen atoms in total. The van der Waals surface area contributed by atoms with E-state index in [1.165, 1.54) is 24.3 Å². The second-order valence-corrected chi connectivity index (χ2v) is 10.8. The van der Waals surface area contributed by atoms with Crippen LogP contribution >= 0.6 is 15.9 Å². The van der Waals surface area contributed by atoms with Crippen molar-refractivity contribution in [3.8, 4) is 0 Å². The van der Waals surface area contributed by atoms with Crippen molar-refractivity contribution in [2.45, 2.75) is 42.6 Å². The summed E-state index contributed by atoms with van der Waals surface area (Å²) in [6.45, 7) is 0. The quantitative estimate of drug-likeness (QED) is 0.157. The van der Waals surface area contributed by atoms with Crippen LogP contribution in [-0.2, 0) is 14.8 Å². The van der Waals surface area contributed by atoms with Crippen LogP contribution in [0.25, 0.3) is 10.4 Å². The molecule has 5 atom stereocenters. The van der Waals surface area contributed by atoms with Crippen LogP contribution < -0.4 is 0 Å². The number of amides is 1. The topological polar surface area (TPSA) is 146 Å². The molecule has 1 aromatic carbocycles. The maximum absolute atomic E-state index is 13.2. The van der Waals surface area contributed by atoms with Crippen molar-refractivity contribution in [1.82, 2.24) is 4.31 Å². The summed E-state index contributed by atoms with van der Waals surface area (Å²) >= 11 is 3.25. The third-order valence-corrected chi connectivity index (χ3v) is 9.28. The normalized spacial score (nSPS) is 31.0. The number of non-ortho nitro benzene ring substituents is 1. The molecule has 0 radical (unpaired) electrons. The van der Waals surface area contributed by atoms with Gasteiger partial charge in [-0.25, -0.2) is 12.7 Å². The van der Waals surface area contributed by atoms with E-state index >= 15 is 0 Å². The largest absolute Gasteiger partial charge is 0.272 e. The number of rotatable bonds is 5. The number of sulfonamides is 1. The summed E-state index contributed by atoms with van der Waals surface area (Å²) in [5.41, 5.74) is 8.84. The lowest BCUT2D eigenvalue weighted by Gasteiger charge is -2.32. The second-order valence-electron chi connectivity index (χ2n) is 8.01. The number of azide groups is 1. The summed E-state index contributed by atoms with van der Waals surface area (Å²) in [6.07, 6.45) is 3.31. The molecule has 2 aliphatic carbocycles.